The minimum atomic E-state index is -0.204. The highest BCUT2D eigenvalue weighted by atomic mass is 16.5. The number of nitrogens with one attached hydrogen (secondary N) is 1. The van der Waals surface area contributed by atoms with Crippen LogP contribution in [0.25, 0.3) is 0 Å². The summed E-state index contributed by atoms with van der Waals surface area (Å²) < 4.78 is 11.1. The second-order valence-corrected chi connectivity index (χ2v) is 7.10. The number of nitrogens with zero attached hydrogens (tertiary/aromatic N) is 2. The lowest BCUT2D eigenvalue weighted by atomic mass is 10.2. The van der Waals surface area contributed by atoms with Gasteiger partial charge in [0.05, 0.1) is 18.9 Å². The predicted octanol–water partition coefficient (Wildman–Crippen LogP) is 2.47. The molecule has 0 bridgehead atoms. The van der Waals surface area contributed by atoms with Crippen molar-refractivity contribution in [1.29, 1.82) is 0 Å². The molecule has 0 saturated carbocycles. The van der Waals surface area contributed by atoms with Crippen molar-refractivity contribution < 1.29 is 18.7 Å². The predicted molar refractivity (Wildman–Crippen MR) is 98.6 cm³/mol. The summed E-state index contributed by atoms with van der Waals surface area (Å²) in [5, 5.41) is 2.79. The maximum Gasteiger partial charge on any atom is 0.317 e. The lowest BCUT2D eigenvalue weighted by Gasteiger charge is -2.29. The van der Waals surface area contributed by atoms with Crippen LogP contribution in [-0.4, -0.2) is 60.6 Å². The van der Waals surface area contributed by atoms with Gasteiger partial charge in [0, 0.05) is 26.2 Å². The first-order valence-electron chi connectivity index (χ1n) is 9.44. The molecule has 3 amide bonds. The van der Waals surface area contributed by atoms with E-state index >= 15 is 0 Å². The van der Waals surface area contributed by atoms with Gasteiger partial charge in [-0.25, -0.2) is 4.79 Å². The van der Waals surface area contributed by atoms with Crippen LogP contribution in [0.15, 0.2) is 22.8 Å². The Bertz CT molecular complexity index is 553. The molecule has 0 unspecified atom stereocenters. The lowest BCUT2D eigenvalue weighted by Crippen LogP contribution is -2.49. The van der Waals surface area contributed by atoms with Gasteiger partial charge in [-0.2, -0.15) is 0 Å². The number of furan rings is 1. The van der Waals surface area contributed by atoms with Crippen molar-refractivity contribution in [2.24, 2.45) is 5.92 Å². The van der Waals surface area contributed by atoms with Crippen molar-refractivity contribution in [2.75, 3.05) is 32.8 Å². The number of hydrogen-bond donors (Lipinski definition) is 1. The Hall–Kier alpha value is -2.02. The highest BCUT2D eigenvalue weighted by Gasteiger charge is 2.26. The molecule has 7 nitrogen and oxygen atoms in total. The number of carbonyl (C=O) groups is 2. The smallest absolute Gasteiger partial charge is 0.317 e. The first-order chi connectivity index (χ1) is 12.5. The SMILES string of the molecule is CCNC(=O)N(CC(=O)N(Cc1ccco1)C[C@@H]1CCCO1)CC(C)C. The van der Waals surface area contributed by atoms with E-state index in [0.717, 1.165) is 25.2 Å². The number of amides is 3. The number of carbonyl (C=O) groups excluding carboxylic acids is 2. The van der Waals surface area contributed by atoms with E-state index in [1.165, 1.54) is 0 Å². The van der Waals surface area contributed by atoms with E-state index in [4.69, 9.17) is 9.15 Å². The lowest BCUT2D eigenvalue weighted by molar-refractivity contribution is -0.134. The van der Waals surface area contributed by atoms with Gasteiger partial charge in [-0.1, -0.05) is 13.8 Å². The fourth-order valence-electron chi connectivity index (χ4n) is 3.07. The van der Waals surface area contributed by atoms with Gasteiger partial charge in [0.15, 0.2) is 0 Å². The van der Waals surface area contributed by atoms with E-state index in [1.54, 1.807) is 16.1 Å². The fourth-order valence-corrected chi connectivity index (χ4v) is 3.07. The molecule has 1 aliphatic heterocycles. The molecule has 2 rings (SSSR count). The van der Waals surface area contributed by atoms with Crippen LogP contribution in [0, 0.1) is 5.92 Å². The Kier molecular flexibility index (Phi) is 7.97. The molecule has 2 heterocycles. The quantitative estimate of drug-likeness (QED) is 0.729. The first-order valence-corrected chi connectivity index (χ1v) is 9.44. The molecule has 1 aliphatic rings. The molecule has 26 heavy (non-hydrogen) atoms. The standard InChI is InChI=1S/C19H31N3O4/c1-4-20-19(24)22(11-15(2)3)14-18(23)21(12-16-7-5-9-25-16)13-17-8-6-10-26-17/h5,7,9,15,17H,4,6,8,10-14H2,1-3H3,(H,20,24)/t17-/m0/s1. The van der Waals surface area contributed by atoms with E-state index in [2.05, 4.69) is 5.32 Å². The van der Waals surface area contributed by atoms with Crippen molar-refractivity contribution in [1.82, 2.24) is 15.1 Å². The Morgan fingerprint density at radius 1 is 1.35 bits per heavy atom. The molecule has 1 aromatic rings. The molecule has 146 valence electrons. The molecule has 7 heteroatoms. The maximum absolute atomic E-state index is 13.0. The van der Waals surface area contributed by atoms with Crippen molar-refractivity contribution in [2.45, 2.75) is 46.3 Å². The van der Waals surface area contributed by atoms with Crippen LogP contribution < -0.4 is 5.32 Å². The van der Waals surface area contributed by atoms with Gasteiger partial charge < -0.3 is 24.3 Å². The van der Waals surface area contributed by atoms with Crippen LogP contribution in [0.1, 0.15) is 39.4 Å². The van der Waals surface area contributed by atoms with Crippen LogP contribution in [-0.2, 0) is 16.1 Å². The summed E-state index contributed by atoms with van der Waals surface area (Å²) in [7, 11) is 0. The molecule has 1 N–H and O–H groups in total. The monoisotopic (exact) mass is 365 g/mol. The summed E-state index contributed by atoms with van der Waals surface area (Å²) in [5.74, 6) is 0.913. The summed E-state index contributed by atoms with van der Waals surface area (Å²) in [4.78, 5) is 28.6. The molecular formula is C19H31N3O4. The zero-order chi connectivity index (χ0) is 18.9. The average molecular weight is 365 g/mol. The maximum atomic E-state index is 13.0. The normalized spacial score (nSPS) is 16.7. The summed E-state index contributed by atoms with van der Waals surface area (Å²) in [6, 6.07) is 3.46. The Morgan fingerprint density at radius 2 is 2.15 bits per heavy atom. The van der Waals surface area contributed by atoms with Gasteiger partial charge in [0.2, 0.25) is 5.91 Å². The molecule has 1 fully saturated rings. The minimum absolute atomic E-state index is 0.0527. The zero-order valence-electron chi connectivity index (χ0n) is 16.1. The van der Waals surface area contributed by atoms with Crippen LogP contribution in [0.4, 0.5) is 4.79 Å². The molecule has 0 radical (unpaired) electrons. The molecule has 0 aliphatic carbocycles. The van der Waals surface area contributed by atoms with Gasteiger partial charge in [0.1, 0.15) is 12.3 Å². The van der Waals surface area contributed by atoms with E-state index < -0.39 is 0 Å². The zero-order valence-corrected chi connectivity index (χ0v) is 16.1. The average Bonchev–Trinajstić information content (AvgIpc) is 3.27. The van der Waals surface area contributed by atoms with Crippen LogP contribution in [0.5, 0.6) is 0 Å². The summed E-state index contributed by atoms with van der Waals surface area (Å²) >= 11 is 0. The van der Waals surface area contributed by atoms with E-state index in [-0.39, 0.29) is 30.5 Å². The van der Waals surface area contributed by atoms with Gasteiger partial charge >= 0.3 is 6.03 Å². The molecule has 1 saturated heterocycles. The topological polar surface area (TPSA) is 75.0 Å². The third-order valence-corrected chi connectivity index (χ3v) is 4.25. The van der Waals surface area contributed by atoms with E-state index in [1.807, 2.05) is 32.9 Å². The number of ether oxygens (including phenoxy) is 1. The Labute approximate surface area is 155 Å². The first kappa shape index (κ1) is 20.3. The second kappa shape index (κ2) is 10.2. The van der Waals surface area contributed by atoms with Crippen molar-refractivity contribution in [3.8, 4) is 0 Å². The Morgan fingerprint density at radius 3 is 2.73 bits per heavy atom. The van der Waals surface area contributed by atoms with E-state index in [9.17, 15) is 9.59 Å². The van der Waals surface area contributed by atoms with Gasteiger partial charge in [-0.05, 0) is 37.8 Å². The number of urea groups is 1. The van der Waals surface area contributed by atoms with Crippen molar-refractivity contribution >= 4 is 11.9 Å². The number of rotatable bonds is 9. The summed E-state index contributed by atoms with van der Waals surface area (Å²) in [6.07, 6.45) is 3.63. The van der Waals surface area contributed by atoms with Crippen LogP contribution >= 0.6 is 0 Å². The van der Waals surface area contributed by atoms with Crippen molar-refractivity contribution in [3.63, 3.8) is 0 Å². The third-order valence-electron chi connectivity index (χ3n) is 4.25. The number of hydrogen-bond acceptors (Lipinski definition) is 4. The molecule has 1 atom stereocenters. The van der Waals surface area contributed by atoms with E-state index in [0.29, 0.717) is 26.2 Å². The summed E-state index contributed by atoms with van der Waals surface area (Å²) in [6.45, 7) is 8.70. The van der Waals surface area contributed by atoms with Crippen molar-refractivity contribution in [3.05, 3.63) is 24.2 Å². The second-order valence-electron chi connectivity index (χ2n) is 7.10. The molecule has 0 spiro atoms. The third kappa shape index (κ3) is 6.37. The molecular weight excluding hydrogens is 334 g/mol. The van der Waals surface area contributed by atoms with Crippen LogP contribution in [0.2, 0.25) is 0 Å². The summed E-state index contributed by atoms with van der Waals surface area (Å²) in [5.41, 5.74) is 0. The Balaban J connectivity index is 2.04. The van der Waals surface area contributed by atoms with Crippen LogP contribution in [0.3, 0.4) is 0 Å². The van der Waals surface area contributed by atoms with Gasteiger partial charge in [-0.15, -0.1) is 0 Å². The highest BCUT2D eigenvalue weighted by molar-refractivity contribution is 5.84. The largest absolute Gasteiger partial charge is 0.467 e. The minimum Gasteiger partial charge on any atom is -0.467 e. The molecule has 1 aromatic heterocycles. The van der Waals surface area contributed by atoms with Gasteiger partial charge in [0.25, 0.3) is 0 Å². The fraction of sp³-hybridized carbons (Fsp3) is 0.684. The van der Waals surface area contributed by atoms with Gasteiger partial charge in [-0.3, -0.25) is 4.79 Å². The highest BCUT2D eigenvalue weighted by Crippen LogP contribution is 2.16. The molecule has 0 aromatic carbocycles.